The number of thioether (sulfide) groups is 1. The van der Waals surface area contributed by atoms with Gasteiger partial charge in [0.1, 0.15) is 17.6 Å². The van der Waals surface area contributed by atoms with Crippen molar-refractivity contribution < 1.29 is 9.52 Å². The van der Waals surface area contributed by atoms with Crippen molar-refractivity contribution in [2.75, 3.05) is 11.5 Å². The summed E-state index contributed by atoms with van der Waals surface area (Å²) in [6, 6.07) is 3.80. The minimum atomic E-state index is -0.399. The van der Waals surface area contributed by atoms with Gasteiger partial charge in [-0.2, -0.15) is 11.8 Å². The molecular weight excluding hydrogens is 196 g/mol. The Bertz CT molecular complexity index is 289. The second-order valence-corrected chi connectivity index (χ2v) is 5.07. The fourth-order valence-corrected chi connectivity index (χ4v) is 3.02. The van der Waals surface area contributed by atoms with E-state index in [1.54, 1.807) is 0 Å². The van der Waals surface area contributed by atoms with Crippen LogP contribution in [0.25, 0.3) is 0 Å². The summed E-state index contributed by atoms with van der Waals surface area (Å²) in [6.45, 7) is 1.91. The Morgan fingerprint density at radius 2 is 2.14 bits per heavy atom. The van der Waals surface area contributed by atoms with Gasteiger partial charge in [-0.05, 0) is 49.3 Å². The lowest BCUT2D eigenvalue weighted by Crippen LogP contribution is -2.17. The molecule has 1 aliphatic heterocycles. The number of aryl methyl sites for hydroxylation is 1. The van der Waals surface area contributed by atoms with Gasteiger partial charge < -0.3 is 9.52 Å². The normalized spacial score (nSPS) is 21.0. The highest BCUT2D eigenvalue weighted by Crippen LogP contribution is 2.33. The van der Waals surface area contributed by atoms with E-state index >= 15 is 0 Å². The van der Waals surface area contributed by atoms with E-state index in [9.17, 15) is 5.11 Å². The lowest BCUT2D eigenvalue weighted by Gasteiger charge is -2.24. The van der Waals surface area contributed by atoms with Crippen LogP contribution in [-0.2, 0) is 0 Å². The fourth-order valence-electron chi connectivity index (χ4n) is 1.88. The predicted molar refractivity (Wildman–Crippen MR) is 58.5 cm³/mol. The van der Waals surface area contributed by atoms with Crippen LogP contribution >= 0.6 is 11.8 Å². The van der Waals surface area contributed by atoms with Crippen molar-refractivity contribution in [3.8, 4) is 0 Å². The summed E-state index contributed by atoms with van der Waals surface area (Å²) in [5.41, 5.74) is 0. The zero-order valence-corrected chi connectivity index (χ0v) is 9.22. The van der Waals surface area contributed by atoms with Crippen LogP contribution in [0.2, 0.25) is 0 Å². The first-order valence-corrected chi connectivity index (χ1v) is 6.25. The molecule has 0 saturated carbocycles. The predicted octanol–water partition coefficient (Wildman–Crippen LogP) is 2.76. The average molecular weight is 212 g/mol. The fraction of sp³-hybridized carbons (Fsp3) is 0.636. The highest BCUT2D eigenvalue weighted by Gasteiger charge is 2.25. The molecule has 1 unspecified atom stereocenters. The largest absolute Gasteiger partial charge is 0.464 e. The SMILES string of the molecule is Cc1ccc(C(O)C2CCSCC2)o1. The Kier molecular flexibility index (Phi) is 3.19. The summed E-state index contributed by atoms with van der Waals surface area (Å²) in [5.74, 6) is 4.34. The average Bonchev–Trinajstić information content (AvgIpc) is 2.65. The van der Waals surface area contributed by atoms with Gasteiger partial charge in [-0.1, -0.05) is 0 Å². The summed E-state index contributed by atoms with van der Waals surface area (Å²) in [4.78, 5) is 0. The Morgan fingerprint density at radius 1 is 1.43 bits per heavy atom. The minimum absolute atomic E-state index is 0.391. The topological polar surface area (TPSA) is 33.4 Å². The van der Waals surface area contributed by atoms with Gasteiger partial charge in [0.25, 0.3) is 0 Å². The molecule has 1 aliphatic rings. The maximum atomic E-state index is 10.1. The lowest BCUT2D eigenvalue weighted by molar-refractivity contribution is 0.0804. The zero-order chi connectivity index (χ0) is 9.97. The Balaban J connectivity index is 2.03. The number of rotatable bonds is 2. The van der Waals surface area contributed by atoms with Crippen molar-refractivity contribution in [2.24, 2.45) is 5.92 Å². The van der Waals surface area contributed by atoms with E-state index in [-0.39, 0.29) is 0 Å². The molecule has 1 fully saturated rings. The van der Waals surface area contributed by atoms with Crippen molar-refractivity contribution in [2.45, 2.75) is 25.9 Å². The number of aliphatic hydroxyl groups is 1. The molecule has 3 heteroatoms. The van der Waals surface area contributed by atoms with Gasteiger partial charge >= 0.3 is 0 Å². The molecule has 78 valence electrons. The molecule has 1 saturated heterocycles. The Morgan fingerprint density at radius 3 is 2.71 bits per heavy atom. The van der Waals surface area contributed by atoms with Crippen molar-refractivity contribution in [1.29, 1.82) is 0 Å². The van der Waals surface area contributed by atoms with Crippen molar-refractivity contribution in [3.05, 3.63) is 23.7 Å². The first kappa shape index (κ1) is 10.1. The highest BCUT2D eigenvalue weighted by molar-refractivity contribution is 7.99. The molecule has 14 heavy (non-hydrogen) atoms. The van der Waals surface area contributed by atoms with Gasteiger partial charge in [-0.15, -0.1) is 0 Å². The van der Waals surface area contributed by atoms with E-state index in [4.69, 9.17) is 4.42 Å². The summed E-state index contributed by atoms with van der Waals surface area (Å²) >= 11 is 1.97. The molecule has 1 aromatic rings. The second kappa shape index (κ2) is 4.41. The first-order valence-electron chi connectivity index (χ1n) is 5.09. The molecule has 0 spiro atoms. The van der Waals surface area contributed by atoms with E-state index in [1.807, 2.05) is 30.8 Å². The Hall–Kier alpha value is -0.410. The molecular formula is C11H16O2S. The van der Waals surface area contributed by atoms with Crippen molar-refractivity contribution in [3.63, 3.8) is 0 Å². The van der Waals surface area contributed by atoms with Crippen molar-refractivity contribution >= 4 is 11.8 Å². The summed E-state index contributed by atoms with van der Waals surface area (Å²) in [7, 11) is 0. The summed E-state index contributed by atoms with van der Waals surface area (Å²) in [6.07, 6.45) is 1.81. The van der Waals surface area contributed by atoms with Gasteiger partial charge in [0.15, 0.2) is 0 Å². The Labute approximate surface area is 88.7 Å². The number of hydrogen-bond acceptors (Lipinski definition) is 3. The van der Waals surface area contributed by atoms with Gasteiger partial charge in [-0.25, -0.2) is 0 Å². The molecule has 2 nitrogen and oxygen atoms in total. The van der Waals surface area contributed by atoms with E-state index in [2.05, 4.69) is 0 Å². The van der Waals surface area contributed by atoms with Crippen molar-refractivity contribution in [1.82, 2.24) is 0 Å². The monoisotopic (exact) mass is 212 g/mol. The maximum Gasteiger partial charge on any atom is 0.132 e. The van der Waals surface area contributed by atoms with Crippen LogP contribution in [0.5, 0.6) is 0 Å². The molecule has 0 aromatic carbocycles. The van der Waals surface area contributed by atoms with E-state index in [1.165, 1.54) is 11.5 Å². The minimum Gasteiger partial charge on any atom is -0.464 e. The molecule has 0 aliphatic carbocycles. The van der Waals surface area contributed by atoms with Crippen LogP contribution in [0.3, 0.4) is 0 Å². The van der Waals surface area contributed by atoms with E-state index in [0.29, 0.717) is 5.92 Å². The van der Waals surface area contributed by atoms with Gasteiger partial charge in [0.05, 0.1) is 0 Å². The van der Waals surface area contributed by atoms with Gasteiger partial charge in [0, 0.05) is 0 Å². The molecule has 0 bridgehead atoms. The summed E-state index contributed by atoms with van der Waals surface area (Å²) < 4.78 is 5.44. The van der Waals surface area contributed by atoms with Crippen LogP contribution in [-0.4, -0.2) is 16.6 Å². The lowest BCUT2D eigenvalue weighted by atomic mass is 9.94. The second-order valence-electron chi connectivity index (χ2n) is 3.84. The van der Waals surface area contributed by atoms with Crippen LogP contribution in [0.4, 0.5) is 0 Å². The third kappa shape index (κ3) is 2.15. The van der Waals surface area contributed by atoms with E-state index < -0.39 is 6.10 Å². The maximum absolute atomic E-state index is 10.1. The molecule has 1 atom stereocenters. The van der Waals surface area contributed by atoms with Crippen LogP contribution < -0.4 is 0 Å². The molecule has 2 heterocycles. The highest BCUT2D eigenvalue weighted by atomic mass is 32.2. The molecule has 1 aromatic heterocycles. The zero-order valence-electron chi connectivity index (χ0n) is 8.40. The number of hydrogen-bond donors (Lipinski definition) is 1. The van der Waals surface area contributed by atoms with Crippen LogP contribution in [0.1, 0.15) is 30.5 Å². The van der Waals surface area contributed by atoms with Crippen LogP contribution in [0, 0.1) is 12.8 Å². The standard InChI is InChI=1S/C11H16O2S/c1-8-2-3-10(13-8)11(12)9-4-6-14-7-5-9/h2-3,9,11-12H,4-7H2,1H3. The third-order valence-electron chi connectivity index (χ3n) is 2.77. The van der Waals surface area contributed by atoms with Crippen LogP contribution in [0.15, 0.2) is 16.5 Å². The van der Waals surface area contributed by atoms with Gasteiger partial charge in [-0.3, -0.25) is 0 Å². The molecule has 2 rings (SSSR count). The first-order chi connectivity index (χ1) is 6.77. The summed E-state index contributed by atoms with van der Waals surface area (Å²) in [5, 5.41) is 10.1. The third-order valence-corrected chi connectivity index (χ3v) is 3.81. The molecule has 1 N–H and O–H groups in total. The molecule has 0 radical (unpaired) electrons. The van der Waals surface area contributed by atoms with Gasteiger partial charge in [0.2, 0.25) is 0 Å². The van der Waals surface area contributed by atoms with E-state index in [0.717, 1.165) is 24.4 Å². The quantitative estimate of drug-likeness (QED) is 0.818. The number of aliphatic hydroxyl groups excluding tert-OH is 1. The number of furan rings is 1. The molecule has 0 amide bonds. The smallest absolute Gasteiger partial charge is 0.132 e.